The van der Waals surface area contributed by atoms with Crippen molar-refractivity contribution in [1.82, 2.24) is 10.6 Å². The molecule has 8 nitrogen and oxygen atoms in total. The Balaban J connectivity index is 3.23. The number of alkyl carbamates (subject to hydrolysis) is 1. The quantitative estimate of drug-likeness (QED) is 0.393. The molecule has 0 rings (SSSR count). The fourth-order valence-corrected chi connectivity index (χ4v) is 1.97. The van der Waals surface area contributed by atoms with Crippen LogP contribution in [0.15, 0.2) is 0 Å². The molecule has 0 fully saturated rings. The summed E-state index contributed by atoms with van der Waals surface area (Å²) in [5.74, 6) is 0.0848. The molecule has 2 N–H and O–H groups in total. The van der Waals surface area contributed by atoms with Crippen LogP contribution < -0.4 is 10.6 Å². The first-order valence-electron chi connectivity index (χ1n) is 9.82. The molecule has 0 saturated heterocycles. The molecule has 0 aliphatic carbocycles. The normalized spacial score (nSPS) is 11.3. The number of hydrogen-bond donors (Lipinski definition) is 2. The number of hydrogen-bond acceptors (Lipinski definition) is 6. The number of nitrogens with one attached hydrogen (secondary N) is 2. The van der Waals surface area contributed by atoms with Crippen LogP contribution in [0, 0.1) is 0 Å². The summed E-state index contributed by atoms with van der Waals surface area (Å²) in [6.45, 7) is 11.2. The van der Waals surface area contributed by atoms with Crippen molar-refractivity contribution in [1.29, 1.82) is 0 Å². The predicted octanol–water partition coefficient (Wildman–Crippen LogP) is 2.26. The van der Waals surface area contributed by atoms with Crippen LogP contribution in [0.2, 0.25) is 0 Å². The lowest BCUT2D eigenvalue weighted by atomic mass is 10.2. The summed E-state index contributed by atoms with van der Waals surface area (Å²) in [5, 5.41) is 5.44. The van der Waals surface area contributed by atoms with E-state index in [0.717, 1.165) is 19.3 Å². The maximum atomic E-state index is 11.5. The van der Waals surface area contributed by atoms with E-state index < -0.39 is 11.7 Å². The van der Waals surface area contributed by atoms with Gasteiger partial charge in [0.2, 0.25) is 5.91 Å². The third-order valence-corrected chi connectivity index (χ3v) is 3.23. The molecule has 8 heteroatoms. The minimum absolute atomic E-state index is 0.0848. The maximum Gasteiger partial charge on any atom is 0.407 e. The average Bonchev–Trinajstić information content (AvgIpc) is 2.57. The number of carbonyl (C=O) groups excluding carboxylic acids is 2. The topological polar surface area (TPSA) is 95.1 Å². The minimum Gasteiger partial charge on any atom is -0.444 e. The third kappa shape index (κ3) is 20.8. The van der Waals surface area contributed by atoms with Crippen LogP contribution in [0.3, 0.4) is 0 Å². The highest BCUT2D eigenvalue weighted by atomic mass is 16.6. The zero-order valence-corrected chi connectivity index (χ0v) is 17.4. The number of ether oxygens (including phenoxy) is 4. The first-order valence-corrected chi connectivity index (χ1v) is 9.82. The third-order valence-electron chi connectivity index (χ3n) is 3.23. The van der Waals surface area contributed by atoms with Crippen LogP contribution in [-0.4, -0.2) is 70.3 Å². The Bertz CT molecular complexity index is 385. The molecule has 0 aromatic carbocycles. The first-order chi connectivity index (χ1) is 12.8. The van der Waals surface area contributed by atoms with Gasteiger partial charge in [-0.2, -0.15) is 0 Å². The van der Waals surface area contributed by atoms with Crippen LogP contribution in [0.4, 0.5) is 4.79 Å². The van der Waals surface area contributed by atoms with Gasteiger partial charge in [0, 0.05) is 19.5 Å². The van der Waals surface area contributed by atoms with Gasteiger partial charge in [0.25, 0.3) is 0 Å². The molecule has 0 unspecified atom stereocenters. The van der Waals surface area contributed by atoms with Crippen LogP contribution in [0.25, 0.3) is 0 Å². The zero-order chi connectivity index (χ0) is 20.4. The molecule has 0 aromatic rings. The van der Waals surface area contributed by atoms with Crippen LogP contribution in [0.1, 0.15) is 53.4 Å². The van der Waals surface area contributed by atoms with Crippen molar-refractivity contribution in [3.8, 4) is 0 Å². The lowest BCUT2D eigenvalue weighted by Crippen LogP contribution is -2.34. The SMILES string of the molecule is CCCCCC(=O)NCCOCCOCCOCCNC(=O)OC(C)(C)C. The fraction of sp³-hybridized carbons (Fsp3) is 0.895. The Labute approximate surface area is 163 Å². The van der Waals surface area contributed by atoms with E-state index in [0.29, 0.717) is 59.2 Å². The van der Waals surface area contributed by atoms with E-state index in [1.807, 2.05) is 20.8 Å². The number of unbranched alkanes of at least 4 members (excludes halogenated alkanes) is 2. The van der Waals surface area contributed by atoms with Gasteiger partial charge in [-0.05, 0) is 27.2 Å². The number of carbonyl (C=O) groups is 2. The molecule has 0 heterocycles. The molecule has 27 heavy (non-hydrogen) atoms. The van der Waals surface area contributed by atoms with E-state index in [1.165, 1.54) is 0 Å². The molecule has 2 amide bonds. The van der Waals surface area contributed by atoms with Crippen molar-refractivity contribution >= 4 is 12.0 Å². The Hall–Kier alpha value is -1.38. The van der Waals surface area contributed by atoms with E-state index in [4.69, 9.17) is 18.9 Å². The van der Waals surface area contributed by atoms with Gasteiger partial charge in [-0.1, -0.05) is 19.8 Å². The number of amides is 2. The molecule has 0 spiro atoms. The standard InChI is InChI=1S/C19H38N2O6/c1-5-6-7-8-17(22)20-9-11-24-13-15-26-16-14-25-12-10-21-18(23)27-19(2,3)4/h5-16H2,1-4H3,(H,20,22)(H,21,23). The van der Waals surface area contributed by atoms with Crippen molar-refractivity contribution < 1.29 is 28.5 Å². The second-order valence-corrected chi connectivity index (χ2v) is 7.07. The molecular formula is C19H38N2O6. The van der Waals surface area contributed by atoms with Gasteiger partial charge in [0.1, 0.15) is 5.60 Å². The highest BCUT2D eigenvalue weighted by Gasteiger charge is 2.15. The second-order valence-electron chi connectivity index (χ2n) is 7.07. The van der Waals surface area contributed by atoms with Gasteiger partial charge in [-0.3, -0.25) is 4.79 Å². The Morgan fingerprint density at radius 1 is 0.778 bits per heavy atom. The Kier molecular flexibility index (Phi) is 15.9. The number of rotatable bonds is 16. The largest absolute Gasteiger partial charge is 0.444 e. The summed E-state index contributed by atoms with van der Waals surface area (Å²) in [6.07, 6.45) is 3.28. The van der Waals surface area contributed by atoms with E-state index in [9.17, 15) is 9.59 Å². The molecular weight excluding hydrogens is 352 g/mol. The van der Waals surface area contributed by atoms with Gasteiger partial charge in [-0.15, -0.1) is 0 Å². The summed E-state index contributed by atoms with van der Waals surface area (Å²) >= 11 is 0. The molecule has 0 atom stereocenters. The summed E-state index contributed by atoms with van der Waals surface area (Å²) in [6, 6.07) is 0. The highest BCUT2D eigenvalue weighted by Crippen LogP contribution is 2.06. The lowest BCUT2D eigenvalue weighted by molar-refractivity contribution is -0.121. The maximum absolute atomic E-state index is 11.5. The Morgan fingerprint density at radius 3 is 1.81 bits per heavy atom. The molecule has 0 saturated carbocycles. The fourth-order valence-electron chi connectivity index (χ4n) is 1.97. The summed E-state index contributed by atoms with van der Waals surface area (Å²) < 4.78 is 21.2. The summed E-state index contributed by atoms with van der Waals surface area (Å²) in [4.78, 5) is 22.8. The van der Waals surface area contributed by atoms with E-state index >= 15 is 0 Å². The van der Waals surface area contributed by atoms with Crippen molar-refractivity contribution in [2.45, 2.75) is 59.0 Å². The van der Waals surface area contributed by atoms with E-state index in [-0.39, 0.29) is 5.91 Å². The van der Waals surface area contributed by atoms with E-state index in [1.54, 1.807) is 0 Å². The summed E-state index contributed by atoms with van der Waals surface area (Å²) in [7, 11) is 0. The van der Waals surface area contributed by atoms with Gasteiger partial charge in [-0.25, -0.2) is 4.79 Å². The van der Waals surface area contributed by atoms with Crippen LogP contribution in [0.5, 0.6) is 0 Å². The second kappa shape index (κ2) is 16.8. The molecule has 0 bridgehead atoms. The first kappa shape index (κ1) is 25.6. The molecule has 0 radical (unpaired) electrons. The van der Waals surface area contributed by atoms with Crippen molar-refractivity contribution in [2.75, 3.05) is 52.7 Å². The van der Waals surface area contributed by atoms with Crippen LogP contribution >= 0.6 is 0 Å². The highest BCUT2D eigenvalue weighted by molar-refractivity contribution is 5.75. The Morgan fingerprint density at radius 2 is 1.30 bits per heavy atom. The molecule has 0 aliphatic heterocycles. The lowest BCUT2D eigenvalue weighted by Gasteiger charge is -2.19. The summed E-state index contributed by atoms with van der Waals surface area (Å²) in [5.41, 5.74) is -0.499. The minimum atomic E-state index is -0.499. The van der Waals surface area contributed by atoms with Crippen LogP contribution in [-0.2, 0) is 23.7 Å². The molecule has 0 aromatic heterocycles. The van der Waals surface area contributed by atoms with Crippen molar-refractivity contribution in [3.05, 3.63) is 0 Å². The van der Waals surface area contributed by atoms with Crippen molar-refractivity contribution in [3.63, 3.8) is 0 Å². The zero-order valence-electron chi connectivity index (χ0n) is 17.4. The van der Waals surface area contributed by atoms with Crippen molar-refractivity contribution in [2.24, 2.45) is 0 Å². The smallest absolute Gasteiger partial charge is 0.407 e. The van der Waals surface area contributed by atoms with Gasteiger partial charge >= 0.3 is 6.09 Å². The van der Waals surface area contributed by atoms with E-state index in [2.05, 4.69) is 17.6 Å². The predicted molar refractivity (Wildman–Crippen MR) is 104 cm³/mol. The van der Waals surface area contributed by atoms with Gasteiger partial charge in [0.15, 0.2) is 0 Å². The van der Waals surface area contributed by atoms with Gasteiger partial charge < -0.3 is 29.6 Å². The molecule has 0 aliphatic rings. The monoisotopic (exact) mass is 390 g/mol. The molecule has 160 valence electrons. The average molecular weight is 391 g/mol. The van der Waals surface area contributed by atoms with Gasteiger partial charge in [0.05, 0.1) is 39.6 Å².